The first-order chi connectivity index (χ1) is 10.7. The van der Waals surface area contributed by atoms with Gasteiger partial charge >= 0.3 is 0 Å². The molecule has 2 aromatic rings. The molecular weight excluding hydrogens is 274 g/mol. The van der Waals surface area contributed by atoms with Gasteiger partial charge in [-0.05, 0) is 49.2 Å². The lowest BCUT2D eigenvalue weighted by Crippen LogP contribution is -2.07. The molecule has 0 aliphatic heterocycles. The number of rotatable bonds is 6. The molecule has 0 unspecified atom stereocenters. The highest BCUT2D eigenvalue weighted by atomic mass is 16.5. The van der Waals surface area contributed by atoms with Gasteiger partial charge in [-0.2, -0.15) is 0 Å². The summed E-state index contributed by atoms with van der Waals surface area (Å²) in [5, 5.41) is 2.83. The SMILES string of the molecule is CCCOc1ccc(NC(=O)C=Cc2ccc(C)cc2)cc1. The molecule has 0 aliphatic carbocycles. The van der Waals surface area contributed by atoms with Crippen LogP contribution in [0.15, 0.2) is 54.6 Å². The summed E-state index contributed by atoms with van der Waals surface area (Å²) >= 11 is 0. The van der Waals surface area contributed by atoms with E-state index < -0.39 is 0 Å². The number of aryl methyl sites for hydroxylation is 1. The Bertz CT molecular complexity index is 627. The second-order valence-corrected chi connectivity index (χ2v) is 5.11. The molecule has 0 radical (unpaired) electrons. The molecule has 3 nitrogen and oxygen atoms in total. The van der Waals surface area contributed by atoms with Gasteiger partial charge < -0.3 is 10.1 Å². The van der Waals surface area contributed by atoms with Crippen LogP contribution < -0.4 is 10.1 Å². The van der Waals surface area contributed by atoms with Crippen LogP contribution in [0.25, 0.3) is 6.08 Å². The van der Waals surface area contributed by atoms with E-state index in [4.69, 9.17) is 4.74 Å². The average Bonchev–Trinajstić information content (AvgIpc) is 2.54. The third-order valence-electron chi connectivity index (χ3n) is 3.10. The zero-order valence-electron chi connectivity index (χ0n) is 13.0. The minimum absolute atomic E-state index is 0.150. The van der Waals surface area contributed by atoms with Crippen molar-refractivity contribution in [2.24, 2.45) is 0 Å². The van der Waals surface area contributed by atoms with E-state index >= 15 is 0 Å². The maximum absolute atomic E-state index is 11.9. The summed E-state index contributed by atoms with van der Waals surface area (Å²) < 4.78 is 5.50. The first-order valence-electron chi connectivity index (χ1n) is 7.46. The number of amides is 1. The van der Waals surface area contributed by atoms with Crippen LogP contribution in [0.1, 0.15) is 24.5 Å². The Morgan fingerprint density at radius 3 is 2.41 bits per heavy atom. The number of carbonyl (C=O) groups is 1. The molecule has 0 saturated heterocycles. The van der Waals surface area contributed by atoms with Gasteiger partial charge in [-0.3, -0.25) is 4.79 Å². The monoisotopic (exact) mass is 295 g/mol. The quantitative estimate of drug-likeness (QED) is 0.800. The molecule has 0 bridgehead atoms. The Kier molecular flexibility index (Phi) is 5.78. The van der Waals surface area contributed by atoms with Gasteiger partial charge in [-0.25, -0.2) is 0 Å². The maximum atomic E-state index is 11.9. The van der Waals surface area contributed by atoms with Crippen LogP contribution >= 0.6 is 0 Å². The van der Waals surface area contributed by atoms with Gasteiger partial charge in [0, 0.05) is 11.8 Å². The van der Waals surface area contributed by atoms with Crippen LogP contribution in [0.5, 0.6) is 5.75 Å². The Hall–Kier alpha value is -2.55. The van der Waals surface area contributed by atoms with Gasteiger partial charge in [0.15, 0.2) is 0 Å². The molecular formula is C19H21NO2. The molecule has 0 spiro atoms. The van der Waals surface area contributed by atoms with E-state index in [1.54, 1.807) is 6.08 Å². The highest BCUT2D eigenvalue weighted by molar-refractivity contribution is 6.01. The van der Waals surface area contributed by atoms with Crippen LogP contribution in [-0.4, -0.2) is 12.5 Å². The number of anilines is 1. The van der Waals surface area contributed by atoms with Crippen molar-refractivity contribution >= 4 is 17.7 Å². The van der Waals surface area contributed by atoms with Crippen LogP contribution in [0.3, 0.4) is 0 Å². The summed E-state index contributed by atoms with van der Waals surface area (Å²) in [6.07, 6.45) is 4.31. The number of hydrogen-bond donors (Lipinski definition) is 1. The van der Waals surface area contributed by atoms with E-state index in [1.165, 1.54) is 11.6 Å². The maximum Gasteiger partial charge on any atom is 0.248 e. The van der Waals surface area contributed by atoms with E-state index in [0.29, 0.717) is 6.61 Å². The topological polar surface area (TPSA) is 38.3 Å². The van der Waals surface area contributed by atoms with Gasteiger partial charge in [0.2, 0.25) is 5.91 Å². The number of nitrogens with one attached hydrogen (secondary N) is 1. The fraction of sp³-hybridized carbons (Fsp3) is 0.211. The average molecular weight is 295 g/mol. The van der Waals surface area contributed by atoms with Crippen molar-refractivity contribution in [3.05, 3.63) is 65.7 Å². The molecule has 0 aliphatic rings. The zero-order valence-corrected chi connectivity index (χ0v) is 13.0. The number of hydrogen-bond acceptors (Lipinski definition) is 2. The molecule has 2 rings (SSSR count). The Morgan fingerprint density at radius 1 is 1.09 bits per heavy atom. The van der Waals surface area contributed by atoms with E-state index in [-0.39, 0.29) is 5.91 Å². The van der Waals surface area contributed by atoms with Gasteiger partial charge in [-0.1, -0.05) is 36.8 Å². The molecule has 3 heteroatoms. The van der Waals surface area contributed by atoms with Crippen molar-refractivity contribution in [3.63, 3.8) is 0 Å². The first kappa shape index (κ1) is 15.8. The molecule has 0 heterocycles. The minimum Gasteiger partial charge on any atom is -0.494 e. The van der Waals surface area contributed by atoms with E-state index in [0.717, 1.165) is 23.4 Å². The van der Waals surface area contributed by atoms with Crippen LogP contribution in [0.2, 0.25) is 0 Å². The molecule has 0 fully saturated rings. The summed E-state index contributed by atoms with van der Waals surface area (Å²) in [6, 6.07) is 15.4. The molecule has 1 N–H and O–H groups in total. The molecule has 114 valence electrons. The molecule has 2 aromatic carbocycles. The Morgan fingerprint density at radius 2 is 1.77 bits per heavy atom. The van der Waals surface area contributed by atoms with Crippen LogP contribution in [-0.2, 0) is 4.79 Å². The number of benzene rings is 2. The third-order valence-corrected chi connectivity index (χ3v) is 3.10. The van der Waals surface area contributed by atoms with Gasteiger partial charge in [0.1, 0.15) is 5.75 Å². The summed E-state index contributed by atoms with van der Waals surface area (Å²) in [4.78, 5) is 11.9. The second kappa shape index (κ2) is 8.03. The van der Waals surface area contributed by atoms with Crippen LogP contribution in [0, 0.1) is 6.92 Å². The largest absolute Gasteiger partial charge is 0.494 e. The lowest BCUT2D eigenvalue weighted by molar-refractivity contribution is -0.111. The van der Waals surface area contributed by atoms with Gasteiger partial charge in [0.05, 0.1) is 6.61 Å². The molecule has 22 heavy (non-hydrogen) atoms. The van der Waals surface area contributed by atoms with Crippen molar-refractivity contribution in [1.29, 1.82) is 0 Å². The summed E-state index contributed by atoms with van der Waals surface area (Å²) in [6.45, 7) is 4.80. The summed E-state index contributed by atoms with van der Waals surface area (Å²) in [7, 11) is 0. The predicted molar refractivity (Wildman–Crippen MR) is 91.1 cm³/mol. The van der Waals surface area contributed by atoms with Crippen molar-refractivity contribution in [3.8, 4) is 5.75 Å². The Labute approximate surface area is 131 Å². The molecule has 0 aromatic heterocycles. The van der Waals surface area contributed by atoms with Crippen molar-refractivity contribution in [2.75, 3.05) is 11.9 Å². The van der Waals surface area contributed by atoms with E-state index in [2.05, 4.69) is 12.2 Å². The summed E-state index contributed by atoms with van der Waals surface area (Å²) in [5.74, 6) is 0.665. The third kappa shape index (κ3) is 5.09. The lowest BCUT2D eigenvalue weighted by Gasteiger charge is -2.06. The fourth-order valence-electron chi connectivity index (χ4n) is 1.89. The predicted octanol–water partition coefficient (Wildman–Crippen LogP) is 4.44. The van der Waals surface area contributed by atoms with E-state index in [9.17, 15) is 4.79 Å². The van der Waals surface area contributed by atoms with Gasteiger partial charge in [0.25, 0.3) is 0 Å². The second-order valence-electron chi connectivity index (χ2n) is 5.11. The minimum atomic E-state index is -0.150. The Balaban J connectivity index is 1.89. The lowest BCUT2D eigenvalue weighted by atomic mass is 10.1. The fourth-order valence-corrected chi connectivity index (χ4v) is 1.89. The van der Waals surface area contributed by atoms with Crippen molar-refractivity contribution in [2.45, 2.75) is 20.3 Å². The standard InChI is InChI=1S/C19H21NO2/c1-3-14-22-18-11-9-17(10-12-18)20-19(21)13-8-16-6-4-15(2)5-7-16/h4-13H,3,14H2,1-2H3,(H,20,21). The van der Waals surface area contributed by atoms with E-state index in [1.807, 2.05) is 55.5 Å². The molecule has 0 atom stereocenters. The van der Waals surface area contributed by atoms with Crippen molar-refractivity contribution in [1.82, 2.24) is 0 Å². The molecule has 0 saturated carbocycles. The summed E-state index contributed by atoms with van der Waals surface area (Å²) in [5.41, 5.74) is 2.96. The normalized spacial score (nSPS) is 10.6. The highest BCUT2D eigenvalue weighted by Crippen LogP contribution is 2.16. The zero-order chi connectivity index (χ0) is 15.8. The highest BCUT2D eigenvalue weighted by Gasteiger charge is 1.99. The number of ether oxygens (including phenoxy) is 1. The molecule has 1 amide bonds. The van der Waals surface area contributed by atoms with Crippen molar-refractivity contribution < 1.29 is 9.53 Å². The number of carbonyl (C=O) groups excluding carboxylic acids is 1. The van der Waals surface area contributed by atoms with Crippen LogP contribution in [0.4, 0.5) is 5.69 Å². The first-order valence-corrected chi connectivity index (χ1v) is 7.46. The van der Waals surface area contributed by atoms with Gasteiger partial charge in [-0.15, -0.1) is 0 Å². The smallest absolute Gasteiger partial charge is 0.248 e.